The monoisotopic (exact) mass is 254 g/mol. The van der Waals surface area contributed by atoms with Crippen LogP contribution in [0.4, 0.5) is 0 Å². The molecule has 2 heterocycles. The molecule has 18 heavy (non-hydrogen) atoms. The zero-order valence-electron chi connectivity index (χ0n) is 10.5. The van der Waals surface area contributed by atoms with E-state index in [1.54, 1.807) is 0 Å². The Morgan fingerprint density at radius 1 is 1.17 bits per heavy atom. The largest absolute Gasteiger partial charge is 0.258 e. The summed E-state index contributed by atoms with van der Waals surface area (Å²) in [6.07, 6.45) is 2.70. The van der Waals surface area contributed by atoms with Gasteiger partial charge in [0.15, 0.2) is 0 Å². The van der Waals surface area contributed by atoms with E-state index in [1.165, 1.54) is 15.0 Å². The number of benzene rings is 1. The predicted octanol–water partition coefficient (Wildman–Crippen LogP) is 3.90. The summed E-state index contributed by atoms with van der Waals surface area (Å²) < 4.78 is 1.34. The fraction of sp³-hybridized carbons (Fsp3) is 0.200. The van der Waals surface area contributed by atoms with Gasteiger partial charge >= 0.3 is 0 Å². The number of hydrogen-bond donors (Lipinski definition) is 0. The van der Waals surface area contributed by atoms with Crippen LogP contribution in [-0.2, 0) is 6.42 Å². The topological polar surface area (TPSA) is 25.8 Å². The molecule has 90 valence electrons. The number of thiophene rings is 1. The first-order chi connectivity index (χ1) is 8.72. The molecule has 0 radical (unpaired) electrons. The predicted molar refractivity (Wildman–Crippen MR) is 76.1 cm³/mol. The van der Waals surface area contributed by atoms with Gasteiger partial charge in [-0.2, -0.15) is 0 Å². The van der Waals surface area contributed by atoms with E-state index in [1.807, 2.05) is 31.4 Å². The van der Waals surface area contributed by atoms with Crippen LogP contribution in [0.5, 0.6) is 0 Å². The van der Waals surface area contributed by atoms with Crippen molar-refractivity contribution in [2.24, 2.45) is 0 Å². The molecule has 0 N–H and O–H groups in total. The fourth-order valence-corrected chi connectivity index (χ4v) is 3.11. The maximum absolute atomic E-state index is 4.58. The maximum Gasteiger partial charge on any atom is 0.0671 e. The third-order valence-corrected chi connectivity index (χ3v) is 4.11. The highest BCUT2D eigenvalue weighted by molar-refractivity contribution is 7.19. The second kappa shape index (κ2) is 4.50. The van der Waals surface area contributed by atoms with Gasteiger partial charge in [0.05, 0.1) is 17.1 Å². The Labute approximate surface area is 110 Å². The van der Waals surface area contributed by atoms with Crippen molar-refractivity contribution in [3.8, 4) is 0 Å². The molecule has 3 heteroatoms. The molecule has 0 aliphatic heterocycles. The summed E-state index contributed by atoms with van der Waals surface area (Å²) in [6, 6.07) is 10.7. The van der Waals surface area contributed by atoms with E-state index >= 15 is 0 Å². The second-order valence-electron chi connectivity index (χ2n) is 4.47. The molecule has 0 saturated carbocycles. The summed E-state index contributed by atoms with van der Waals surface area (Å²) in [4.78, 5) is 10.3. The second-order valence-corrected chi connectivity index (χ2v) is 5.64. The Hall–Kier alpha value is -1.74. The lowest BCUT2D eigenvalue weighted by Crippen LogP contribution is -1.98. The SMILES string of the molecule is Cc1cnc(C)c(Cc2cc3ccccc3s2)n1. The van der Waals surface area contributed by atoms with Gasteiger partial charge in [-0.3, -0.25) is 9.97 Å². The molecular formula is C15H14N2S. The van der Waals surface area contributed by atoms with Gasteiger partial charge in [0.25, 0.3) is 0 Å². The molecule has 0 fully saturated rings. The van der Waals surface area contributed by atoms with Gasteiger partial charge in [0, 0.05) is 22.2 Å². The summed E-state index contributed by atoms with van der Waals surface area (Å²) in [6.45, 7) is 4.01. The maximum atomic E-state index is 4.58. The van der Waals surface area contributed by atoms with E-state index in [9.17, 15) is 0 Å². The van der Waals surface area contributed by atoms with Gasteiger partial charge in [-0.05, 0) is 31.4 Å². The van der Waals surface area contributed by atoms with Crippen molar-refractivity contribution < 1.29 is 0 Å². The molecule has 3 aromatic rings. The molecule has 1 aromatic carbocycles. The minimum absolute atomic E-state index is 0.875. The molecule has 0 atom stereocenters. The van der Waals surface area contributed by atoms with E-state index in [2.05, 4.69) is 40.3 Å². The Balaban J connectivity index is 1.98. The highest BCUT2D eigenvalue weighted by Crippen LogP contribution is 2.27. The first kappa shape index (κ1) is 11.4. The number of aryl methyl sites for hydroxylation is 2. The van der Waals surface area contributed by atoms with Crippen molar-refractivity contribution in [1.82, 2.24) is 9.97 Å². The van der Waals surface area contributed by atoms with Gasteiger partial charge in [0.2, 0.25) is 0 Å². The quantitative estimate of drug-likeness (QED) is 0.693. The smallest absolute Gasteiger partial charge is 0.0671 e. The molecule has 0 aliphatic carbocycles. The zero-order valence-corrected chi connectivity index (χ0v) is 11.3. The molecule has 2 aromatic heterocycles. The summed E-state index contributed by atoms with van der Waals surface area (Å²) in [7, 11) is 0. The first-order valence-corrected chi connectivity index (χ1v) is 6.80. The Kier molecular flexibility index (Phi) is 2.84. The van der Waals surface area contributed by atoms with Crippen molar-refractivity contribution in [2.45, 2.75) is 20.3 Å². The molecular weight excluding hydrogens is 240 g/mol. The summed E-state index contributed by atoms with van der Waals surface area (Å²) in [5.41, 5.74) is 3.09. The van der Waals surface area contributed by atoms with E-state index in [0.717, 1.165) is 23.5 Å². The van der Waals surface area contributed by atoms with Crippen molar-refractivity contribution in [3.05, 3.63) is 58.5 Å². The lowest BCUT2D eigenvalue weighted by molar-refractivity contribution is 0.959. The van der Waals surface area contributed by atoms with E-state index in [0.29, 0.717) is 0 Å². The van der Waals surface area contributed by atoms with E-state index < -0.39 is 0 Å². The van der Waals surface area contributed by atoms with Crippen molar-refractivity contribution >= 4 is 21.4 Å². The highest BCUT2D eigenvalue weighted by atomic mass is 32.1. The molecule has 0 unspecified atom stereocenters. The van der Waals surface area contributed by atoms with Gasteiger partial charge in [-0.25, -0.2) is 0 Å². The van der Waals surface area contributed by atoms with Gasteiger partial charge in [-0.15, -0.1) is 11.3 Å². The van der Waals surface area contributed by atoms with Crippen LogP contribution in [0.3, 0.4) is 0 Å². The van der Waals surface area contributed by atoms with Crippen LogP contribution in [0.15, 0.2) is 36.5 Å². The molecule has 0 bridgehead atoms. The molecule has 2 nitrogen and oxygen atoms in total. The summed E-state index contributed by atoms with van der Waals surface area (Å²) in [5, 5.41) is 1.32. The van der Waals surface area contributed by atoms with Crippen molar-refractivity contribution in [1.29, 1.82) is 0 Å². The van der Waals surface area contributed by atoms with E-state index in [4.69, 9.17) is 0 Å². The molecule has 3 rings (SSSR count). The minimum atomic E-state index is 0.875. The number of fused-ring (bicyclic) bond motifs is 1. The number of aromatic nitrogens is 2. The van der Waals surface area contributed by atoms with Gasteiger partial charge < -0.3 is 0 Å². The van der Waals surface area contributed by atoms with Gasteiger partial charge in [0.1, 0.15) is 0 Å². The van der Waals surface area contributed by atoms with Crippen molar-refractivity contribution in [2.75, 3.05) is 0 Å². The van der Waals surface area contributed by atoms with Crippen LogP contribution < -0.4 is 0 Å². The first-order valence-electron chi connectivity index (χ1n) is 5.99. The van der Waals surface area contributed by atoms with Gasteiger partial charge in [-0.1, -0.05) is 18.2 Å². The van der Waals surface area contributed by atoms with Crippen LogP contribution >= 0.6 is 11.3 Å². The van der Waals surface area contributed by atoms with E-state index in [-0.39, 0.29) is 0 Å². The summed E-state index contributed by atoms with van der Waals surface area (Å²) >= 11 is 1.84. The van der Waals surface area contributed by atoms with Crippen LogP contribution in [0.2, 0.25) is 0 Å². The van der Waals surface area contributed by atoms with Crippen LogP contribution in [0, 0.1) is 13.8 Å². The van der Waals surface area contributed by atoms with Crippen molar-refractivity contribution in [3.63, 3.8) is 0 Å². The lowest BCUT2D eigenvalue weighted by atomic mass is 10.2. The average Bonchev–Trinajstić information content (AvgIpc) is 2.76. The Bertz CT molecular complexity index is 668. The van der Waals surface area contributed by atoms with Crippen LogP contribution in [0.1, 0.15) is 22.0 Å². The zero-order chi connectivity index (χ0) is 12.5. The fourth-order valence-electron chi connectivity index (χ4n) is 2.04. The Morgan fingerprint density at radius 2 is 2.00 bits per heavy atom. The molecule has 0 spiro atoms. The molecule has 0 amide bonds. The standard InChI is InChI=1S/C15H14N2S/c1-10-9-16-11(2)14(17-10)8-13-7-12-5-3-4-6-15(12)18-13/h3-7,9H,8H2,1-2H3. The normalized spacial score (nSPS) is 11.0. The molecule has 0 saturated heterocycles. The number of rotatable bonds is 2. The number of hydrogen-bond acceptors (Lipinski definition) is 3. The third-order valence-electron chi connectivity index (χ3n) is 2.99. The Morgan fingerprint density at radius 3 is 2.83 bits per heavy atom. The van der Waals surface area contributed by atoms with Crippen LogP contribution in [0.25, 0.3) is 10.1 Å². The number of nitrogens with zero attached hydrogens (tertiary/aromatic N) is 2. The van der Waals surface area contributed by atoms with Crippen LogP contribution in [-0.4, -0.2) is 9.97 Å². The highest BCUT2D eigenvalue weighted by Gasteiger charge is 2.06. The average molecular weight is 254 g/mol. The third kappa shape index (κ3) is 2.14. The minimum Gasteiger partial charge on any atom is -0.258 e. The lowest BCUT2D eigenvalue weighted by Gasteiger charge is -2.03. The summed E-state index contributed by atoms with van der Waals surface area (Å²) in [5.74, 6) is 0. The molecule has 0 aliphatic rings.